The molecule has 27 heavy (non-hydrogen) atoms. The van der Waals surface area contributed by atoms with Gasteiger partial charge in [0.1, 0.15) is 5.36 Å². The maximum absolute atomic E-state index is 12.8. The summed E-state index contributed by atoms with van der Waals surface area (Å²) in [6.07, 6.45) is -3.15. The summed E-state index contributed by atoms with van der Waals surface area (Å²) in [5, 5.41) is 8.79. The Morgan fingerprint density at radius 1 is 1.37 bits per heavy atom. The second-order valence-electron chi connectivity index (χ2n) is 5.08. The SMILES string of the molecule is [2H]C([2H])(Oc1cc(C(=O)N=c2c(Cl)cn(O)cc2Cl)ccc1OC(F)F)C1C([2H])([2H])C1([2H])[2H]. The van der Waals surface area contributed by atoms with E-state index in [1.807, 2.05) is 0 Å². The Kier molecular flexibility index (Phi) is 3.91. The van der Waals surface area contributed by atoms with E-state index in [9.17, 15) is 18.8 Å². The van der Waals surface area contributed by atoms with E-state index in [1.54, 1.807) is 0 Å². The first kappa shape index (κ1) is 13.0. The summed E-state index contributed by atoms with van der Waals surface area (Å²) >= 11 is 11.8. The molecule has 1 aromatic heterocycles. The topological polar surface area (TPSA) is 73.0 Å². The minimum atomic E-state index is -3.34. The van der Waals surface area contributed by atoms with Gasteiger partial charge in [-0.25, -0.2) is 4.99 Å². The predicted molar refractivity (Wildman–Crippen MR) is 92.8 cm³/mol. The maximum Gasteiger partial charge on any atom is 0.387 e. The van der Waals surface area contributed by atoms with Gasteiger partial charge in [-0.15, -0.1) is 0 Å². The van der Waals surface area contributed by atoms with Gasteiger partial charge in [-0.1, -0.05) is 23.2 Å². The van der Waals surface area contributed by atoms with Crippen molar-refractivity contribution in [3.05, 3.63) is 51.6 Å². The average Bonchev–Trinajstić information content (AvgIpc) is 3.08. The van der Waals surface area contributed by atoms with Crippen LogP contribution in [0, 0.1) is 5.92 Å². The lowest BCUT2D eigenvalue weighted by Crippen LogP contribution is -2.13. The Morgan fingerprint density at radius 2 is 2.04 bits per heavy atom. The predicted octanol–water partition coefficient (Wildman–Crippen LogP) is 4.16. The van der Waals surface area contributed by atoms with Gasteiger partial charge in [0.05, 0.1) is 31.7 Å². The lowest BCUT2D eigenvalue weighted by molar-refractivity contribution is -0.0515. The van der Waals surface area contributed by atoms with Crippen molar-refractivity contribution in [3.8, 4) is 11.5 Å². The average molecular weight is 425 g/mol. The Balaban J connectivity index is 2.01. The lowest BCUT2D eigenvalue weighted by Gasteiger charge is -2.12. The van der Waals surface area contributed by atoms with Gasteiger partial charge in [0.2, 0.25) is 0 Å². The molecule has 2 aromatic rings. The molecule has 6 nitrogen and oxygen atoms in total. The molecular formula is C17H14Cl2F2N2O4. The molecule has 0 radical (unpaired) electrons. The fraction of sp³-hybridized carbons (Fsp3) is 0.294. The Hall–Kier alpha value is -2.32. The number of nitrogens with zero attached hydrogens (tertiary/aromatic N) is 2. The molecule has 1 N–H and O–H groups in total. The van der Waals surface area contributed by atoms with Gasteiger partial charge < -0.3 is 14.7 Å². The Morgan fingerprint density at radius 3 is 2.63 bits per heavy atom. The van der Waals surface area contributed by atoms with E-state index in [0.717, 1.165) is 30.6 Å². The Bertz CT molecular complexity index is 1140. The molecule has 1 aliphatic carbocycles. The zero-order valence-electron chi connectivity index (χ0n) is 19.1. The second kappa shape index (κ2) is 8.14. The van der Waals surface area contributed by atoms with Crippen molar-refractivity contribution in [2.75, 3.05) is 6.56 Å². The number of halogens is 4. The monoisotopic (exact) mass is 424 g/mol. The van der Waals surface area contributed by atoms with Crippen molar-refractivity contribution >= 4 is 29.1 Å². The molecule has 0 bridgehead atoms. The van der Waals surface area contributed by atoms with Gasteiger partial charge in [0.25, 0.3) is 5.91 Å². The van der Waals surface area contributed by atoms with E-state index >= 15 is 0 Å². The smallest absolute Gasteiger partial charge is 0.387 e. The minimum absolute atomic E-state index is 0.193. The summed E-state index contributed by atoms with van der Waals surface area (Å²) in [5.74, 6) is -4.27. The van der Waals surface area contributed by atoms with E-state index in [0.29, 0.717) is 4.73 Å². The van der Waals surface area contributed by atoms with Crippen LogP contribution in [0.15, 0.2) is 35.6 Å². The van der Waals surface area contributed by atoms with Crippen molar-refractivity contribution in [1.29, 1.82) is 0 Å². The van der Waals surface area contributed by atoms with Crippen molar-refractivity contribution in [3.63, 3.8) is 0 Å². The molecule has 0 unspecified atom stereocenters. The van der Waals surface area contributed by atoms with Gasteiger partial charge >= 0.3 is 6.61 Å². The summed E-state index contributed by atoms with van der Waals surface area (Å²) < 4.78 is 81.7. The highest BCUT2D eigenvalue weighted by molar-refractivity contribution is 6.34. The van der Waals surface area contributed by atoms with Crippen LogP contribution in [-0.2, 0) is 0 Å². The van der Waals surface area contributed by atoms with Gasteiger partial charge in [-0.2, -0.15) is 13.5 Å². The standard InChI is InChI=1S/C17H14Cl2F2N2O4/c18-11-6-23(25)7-12(19)15(11)22-16(24)10-3-4-13(27-17(20)21)14(5-10)26-8-9-1-2-9/h3-7,9,17,25H,1-2,8H2/i1D2,2D2,8D2. The van der Waals surface area contributed by atoms with Crippen molar-refractivity contribution in [2.45, 2.75) is 19.4 Å². The van der Waals surface area contributed by atoms with E-state index < -0.39 is 49.2 Å². The van der Waals surface area contributed by atoms with Crippen LogP contribution in [0.3, 0.4) is 0 Å². The molecule has 1 aliphatic rings. The maximum atomic E-state index is 12.8. The number of rotatable bonds is 6. The van der Waals surface area contributed by atoms with Crippen LogP contribution in [-0.4, -0.2) is 29.0 Å². The summed E-state index contributed by atoms with van der Waals surface area (Å²) in [4.78, 5) is 16.3. The van der Waals surface area contributed by atoms with Gasteiger partial charge in [0.15, 0.2) is 11.5 Å². The normalized spacial score (nSPS) is 21.1. The van der Waals surface area contributed by atoms with Crippen LogP contribution in [0.1, 0.15) is 31.3 Å². The van der Waals surface area contributed by atoms with Crippen LogP contribution >= 0.6 is 23.2 Å². The third kappa shape index (κ3) is 5.11. The second-order valence-corrected chi connectivity index (χ2v) is 5.90. The summed E-state index contributed by atoms with van der Waals surface area (Å²) in [7, 11) is 0. The molecule has 0 saturated heterocycles. The number of benzene rings is 1. The molecule has 1 saturated carbocycles. The number of amides is 1. The molecule has 144 valence electrons. The molecule has 1 fully saturated rings. The Labute approximate surface area is 171 Å². The third-order valence-corrected chi connectivity index (χ3v) is 3.69. The molecule has 0 atom stereocenters. The minimum Gasteiger partial charge on any atom is -0.489 e. The van der Waals surface area contributed by atoms with E-state index in [1.165, 1.54) is 0 Å². The highest BCUT2D eigenvalue weighted by Gasteiger charge is 2.23. The van der Waals surface area contributed by atoms with Gasteiger partial charge in [0, 0.05) is 11.0 Å². The zero-order chi connectivity index (χ0) is 24.9. The summed E-state index contributed by atoms with van der Waals surface area (Å²) in [5.41, 5.74) is -0.294. The largest absolute Gasteiger partial charge is 0.489 e. The molecule has 0 aliphatic heterocycles. The summed E-state index contributed by atoms with van der Waals surface area (Å²) in [6.45, 7) is -6.33. The van der Waals surface area contributed by atoms with Crippen molar-refractivity contribution in [2.24, 2.45) is 10.9 Å². The lowest BCUT2D eigenvalue weighted by atomic mass is 10.2. The quantitative estimate of drug-likeness (QED) is 0.706. The first-order chi connectivity index (χ1) is 15.1. The van der Waals surface area contributed by atoms with Crippen LogP contribution < -0.4 is 14.8 Å². The number of pyridine rings is 1. The number of ether oxygens (including phenoxy) is 2. The number of alkyl halides is 2. The number of carbonyl (C=O) groups is 1. The van der Waals surface area contributed by atoms with Crippen LogP contribution in [0.25, 0.3) is 0 Å². The number of carbonyl (C=O) groups excluding carboxylic acids is 1. The molecular weight excluding hydrogens is 405 g/mol. The molecule has 1 heterocycles. The molecule has 10 heteroatoms. The first-order valence-electron chi connectivity index (χ1n) is 10.2. The van der Waals surface area contributed by atoms with E-state index in [2.05, 4.69) is 9.73 Å². The third-order valence-electron chi connectivity index (χ3n) is 3.14. The molecule has 1 amide bonds. The van der Waals surface area contributed by atoms with E-state index in [-0.39, 0.29) is 21.0 Å². The van der Waals surface area contributed by atoms with E-state index in [4.69, 9.17) is 36.2 Å². The van der Waals surface area contributed by atoms with Crippen LogP contribution in [0.4, 0.5) is 8.78 Å². The number of aromatic nitrogens is 1. The van der Waals surface area contributed by atoms with Gasteiger partial charge in [-0.3, -0.25) is 4.79 Å². The number of hydrogen-bond acceptors (Lipinski definition) is 4. The van der Waals surface area contributed by atoms with Crippen molar-refractivity contribution < 1.29 is 36.5 Å². The summed E-state index contributed by atoms with van der Waals surface area (Å²) in [6, 6.07) is 2.73. The fourth-order valence-electron chi connectivity index (χ4n) is 1.92. The van der Waals surface area contributed by atoms with Gasteiger partial charge in [-0.05, 0) is 36.9 Å². The highest BCUT2D eigenvalue weighted by atomic mass is 35.5. The molecule has 1 aromatic carbocycles. The fourth-order valence-corrected chi connectivity index (χ4v) is 2.45. The highest BCUT2D eigenvalue weighted by Crippen LogP contribution is 2.34. The zero-order valence-corrected chi connectivity index (χ0v) is 14.6. The first-order valence-corrected chi connectivity index (χ1v) is 7.97. The number of hydrogen-bond donors (Lipinski definition) is 1. The van der Waals surface area contributed by atoms with Crippen LogP contribution in [0.2, 0.25) is 10.0 Å². The van der Waals surface area contributed by atoms with Crippen molar-refractivity contribution in [1.82, 2.24) is 4.73 Å². The van der Waals surface area contributed by atoms with Crippen LogP contribution in [0.5, 0.6) is 11.5 Å². The molecule has 3 rings (SSSR count). The molecule has 0 spiro atoms.